The highest BCUT2D eigenvalue weighted by atomic mass is 35.5. The number of nitrogens with zero attached hydrogens (tertiary/aromatic N) is 3. The fraction of sp³-hybridized carbons (Fsp3) is 0.500. The van der Waals surface area contributed by atoms with E-state index in [1.165, 1.54) is 16.2 Å². The number of hydrogen-bond donors (Lipinski definition) is 0. The van der Waals surface area contributed by atoms with Gasteiger partial charge < -0.3 is 0 Å². The first-order chi connectivity index (χ1) is 5.65. The molecule has 0 radical (unpaired) electrons. The van der Waals surface area contributed by atoms with Crippen molar-refractivity contribution >= 4 is 33.4 Å². The van der Waals surface area contributed by atoms with Gasteiger partial charge in [0.05, 0.1) is 0 Å². The molecule has 0 N–H and O–H groups in total. The Bertz CT molecular complexity index is 288. The van der Waals surface area contributed by atoms with Crippen LogP contribution in [0, 0.1) is 0 Å². The van der Waals surface area contributed by atoms with E-state index in [1.54, 1.807) is 7.05 Å². The first-order valence-corrected chi connectivity index (χ1v) is 4.60. The van der Waals surface area contributed by atoms with Gasteiger partial charge in [-0.1, -0.05) is 18.3 Å². The molecule has 1 heterocycles. The Labute approximate surface area is 79.2 Å². The zero-order chi connectivity index (χ0) is 9.14. The van der Waals surface area contributed by atoms with Crippen LogP contribution in [-0.2, 0) is 6.42 Å². The molecule has 0 saturated carbocycles. The lowest BCUT2D eigenvalue weighted by atomic mass is 10.5. The summed E-state index contributed by atoms with van der Waals surface area (Å²) in [6.45, 7) is 1.98. The molecule has 0 aromatic carbocycles. The van der Waals surface area contributed by atoms with Crippen LogP contribution in [0.1, 0.15) is 11.9 Å². The van der Waals surface area contributed by atoms with Crippen LogP contribution in [0.3, 0.4) is 0 Å². The molecule has 0 aliphatic heterocycles. The van der Waals surface area contributed by atoms with Gasteiger partial charge in [-0.05, 0) is 18.0 Å². The minimum Gasteiger partial charge on any atom is -0.276 e. The van der Waals surface area contributed by atoms with Crippen LogP contribution in [0.4, 0.5) is 9.93 Å². The van der Waals surface area contributed by atoms with Gasteiger partial charge >= 0.3 is 5.37 Å². The molecular formula is C6H8ClN3OS. The fourth-order valence-electron chi connectivity index (χ4n) is 0.598. The summed E-state index contributed by atoms with van der Waals surface area (Å²) in [7, 11) is 1.56. The van der Waals surface area contributed by atoms with Crippen molar-refractivity contribution in [3.63, 3.8) is 0 Å². The van der Waals surface area contributed by atoms with Crippen molar-refractivity contribution in [1.29, 1.82) is 0 Å². The van der Waals surface area contributed by atoms with E-state index in [2.05, 4.69) is 10.2 Å². The van der Waals surface area contributed by atoms with Crippen molar-refractivity contribution in [3.05, 3.63) is 5.01 Å². The molecule has 0 bridgehead atoms. The highest BCUT2D eigenvalue weighted by molar-refractivity contribution is 7.15. The Hall–Kier alpha value is -0.680. The fourth-order valence-corrected chi connectivity index (χ4v) is 1.47. The van der Waals surface area contributed by atoms with Gasteiger partial charge in [0, 0.05) is 7.05 Å². The second-order valence-corrected chi connectivity index (χ2v) is 3.51. The number of rotatable bonds is 2. The third-order valence-electron chi connectivity index (χ3n) is 1.31. The zero-order valence-electron chi connectivity index (χ0n) is 6.74. The Morgan fingerprint density at radius 1 is 1.67 bits per heavy atom. The minimum atomic E-state index is -0.547. The normalized spacial score (nSPS) is 9.92. The standard InChI is InChI=1S/C6H8ClN3OS/c1-3-4-8-9-6(12-4)10(2)5(7)11/h3H2,1-2H3. The molecule has 6 heteroatoms. The van der Waals surface area contributed by atoms with E-state index in [-0.39, 0.29) is 0 Å². The van der Waals surface area contributed by atoms with Gasteiger partial charge in [0.1, 0.15) is 5.01 Å². The van der Waals surface area contributed by atoms with E-state index in [0.717, 1.165) is 11.4 Å². The van der Waals surface area contributed by atoms with Crippen LogP contribution in [0.5, 0.6) is 0 Å². The number of carbonyl (C=O) groups excluding carboxylic acids is 1. The number of amides is 1. The Morgan fingerprint density at radius 2 is 2.33 bits per heavy atom. The van der Waals surface area contributed by atoms with Crippen LogP contribution in [0.25, 0.3) is 0 Å². The van der Waals surface area contributed by atoms with E-state index >= 15 is 0 Å². The second-order valence-electron chi connectivity index (χ2n) is 2.14. The van der Waals surface area contributed by atoms with Crippen molar-refractivity contribution in [2.24, 2.45) is 0 Å². The number of hydrogen-bond acceptors (Lipinski definition) is 4. The molecule has 0 spiro atoms. The van der Waals surface area contributed by atoms with Crippen molar-refractivity contribution in [2.75, 3.05) is 11.9 Å². The second kappa shape index (κ2) is 3.82. The van der Waals surface area contributed by atoms with E-state index in [9.17, 15) is 4.79 Å². The van der Waals surface area contributed by atoms with Crippen LogP contribution in [-0.4, -0.2) is 22.6 Å². The van der Waals surface area contributed by atoms with Crippen LogP contribution in [0.2, 0.25) is 0 Å². The molecule has 1 rings (SSSR count). The van der Waals surface area contributed by atoms with Crippen LogP contribution >= 0.6 is 22.9 Å². The summed E-state index contributed by atoms with van der Waals surface area (Å²) in [6, 6.07) is 0. The largest absolute Gasteiger partial charge is 0.322 e. The van der Waals surface area contributed by atoms with Gasteiger partial charge in [0.15, 0.2) is 0 Å². The summed E-state index contributed by atoms with van der Waals surface area (Å²) >= 11 is 6.61. The summed E-state index contributed by atoms with van der Waals surface area (Å²) in [5.74, 6) is 0. The first-order valence-electron chi connectivity index (χ1n) is 3.40. The average Bonchev–Trinajstić information content (AvgIpc) is 2.50. The minimum absolute atomic E-state index is 0.534. The van der Waals surface area contributed by atoms with E-state index < -0.39 is 5.37 Å². The average molecular weight is 206 g/mol. The lowest BCUT2D eigenvalue weighted by molar-refractivity contribution is 0.265. The van der Waals surface area contributed by atoms with E-state index in [4.69, 9.17) is 11.6 Å². The van der Waals surface area contributed by atoms with Gasteiger partial charge in [0.25, 0.3) is 0 Å². The molecule has 66 valence electrons. The molecular weight excluding hydrogens is 198 g/mol. The summed E-state index contributed by atoms with van der Waals surface area (Å²) < 4.78 is 0. The predicted molar refractivity (Wildman–Crippen MR) is 48.9 cm³/mol. The lowest BCUT2D eigenvalue weighted by Gasteiger charge is -2.05. The predicted octanol–water partition coefficient (Wildman–Crippen LogP) is 1.90. The molecule has 0 aliphatic rings. The van der Waals surface area contributed by atoms with Gasteiger partial charge in [-0.15, -0.1) is 10.2 Å². The van der Waals surface area contributed by atoms with Gasteiger partial charge in [-0.3, -0.25) is 9.69 Å². The highest BCUT2D eigenvalue weighted by Gasteiger charge is 2.12. The quantitative estimate of drug-likeness (QED) is 0.547. The molecule has 0 aliphatic carbocycles. The number of anilines is 1. The maximum Gasteiger partial charge on any atom is 0.322 e. The topological polar surface area (TPSA) is 46.1 Å². The summed E-state index contributed by atoms with van der Waals surface area (Å²) in [4.78, 5) is 11.9. The third-order valence-corrected chi connectivity index (χ3v) is 2.71. The number of aryl methyl sites for hydroxylation is 1. The van der Waals surface area contributed by atoms with Crippen LogP contribution < -0.4 is 4.90 Å². The molecule has 0 fully saturated rings. The van der Waals surface area contributed by atoms with Crippen molar-refractivity contribution in [3.8, 4) is 0 Å². The maximum absolute atomic E-state index is 10.7. The van der Waals surface area contributed by atoms with Crippen molar-refractivity contribution in [1.82, 2.24) is 10.2 Å². The Balaban J connectivity index is 2.81. The van der Waals surface area contributed by atoms with Gasteiger partial charge in [0.2, 0.25) is 5.13 Å². The zero-order valence-corrected chi connectivity index (χ0v) is 8.32. The molecule has 1 aromatic rings. The van der Waals surface area contributed by atoms with E-state index in [0.29, 0.717) is 5.13 Å². The SMILES string of the molecule is CCc1nnc(N(C)C(=O)Cl)s1. The summed E-state index contributed by atoms with van der Waals surface area (Å²) in [6.07, 6.45) is 0.821. The molecule has 0 saturated heterocycles. The van der Waals surface area contributed by atoms with E-state index in [1.807, 2.05) is 6.92 Å². The molecule has 4 nitrogen and oxygen atoms in total. The van der Waals surface area contributed by atoms with Gasteiger partial charge in [-0.25, -0.2) is 0 Å². The molecule has 1 aromatic heterocycles. The highest BCUT2D eigenvalue weighted by Crippen LogP contribution is 2.19. The van der Waals surface area contributed by atoms with Crippen molar-refractivity contribution in [2.45, 2.75) is 13.3 Å². The lowest BCUT2D eigenvalue weighted by Crippen LogP contribution is -2.19. The van der Waals surface area contributed by atoms with Crippen molar-refractivity contribution < 1.29 is 4.79 Å². The first kappa shape index (κ1) is 9.41. The smallest absolute Gasteiger partial charge is 0.276 e. The molecule has 1 amide bonds. The maximum atomic E-state index is 10.7. The molecule has 0 unspecified atom stereocenters. The Morgan fingerprint density at radius 3 is 2.75 bits per heavy atom. The number of carbonyl (C=O) groups is 1. The number of aromatic nitrogens is 2. The third kappa shape index (κ3) is 1.92. The monoisotopic (exact) mass is 205 g/mol. The summed E-state index contributed by atoms with van der Waals surface area (Å²) in [5.41, 5.74) is 0. The number of halogens is 1. The Kier molecular flexibility index (Phi) is 2.99. The summed E-state index contributed by atoms with van der Waals surface area (Å²) in [5, 5.41) is 8.54. The van der Waals surface area contributed by atoms with Gasteiger partial charge in [-0.2, -0.15) is 0 Å². The molecule has 0 atom stereocenters. The van der Waals surface area contributed by atoms with Crippen LogP contribution in [0.15, 0.2) is 0 Å². The molecule has 12 heavy (non-hydrogen) atoms.